The molecule has 4 nitrogen and oxygen atoms in total. The topological polar surface area (TPSA) is 66.8 Å². The molecule has 2 aromatic carbocycles. The van der Waals surface area contributed by atoms with Crippen molar-refractivity contribution in [2.75, 3.05) is 6.61 Å². The number of aromatic carboxylic acids is 1. The van der Waals surface area contributed by atoms with E-state index >= 15 is 0 Å². The fourth-order valence-electron chi connectivity index (χ4n) is 2.79. The van der Waals surface area contributed by atoms with E-state index in [1.807, 2.05) is 30.3 Å². The van der Waals surface area contributed by atoms with Crippen LogP contribution < -0.4 is 4.74 Å². The highest BCUT2D eigenvalue weighted by Crippen LogP contribution is 2.40. The third-order valence-electron chi connectivity index (χ3n) is 3.83. The maximum absolute atomic E-state index is 11.2. The SMILES string of the molecule is O=C(O)c1ccc2c(c1)C(c1ccccc1)CC(CO)O2. The van der Waals surface area contributed by atoms with Gasteiger partial charge >= 0.3 is 5.97 Å². The second kappa shape index (κ2) is 5.58. The van der Waals surface area contributed by atoms with Crippen molar-refractivity contribution in [1.29, 1.82) is 0 Å². The van der Waals surface area contributed by atoms with Gasteiger partial charge in [0.1, 0.15) is 11.9 Å². The van der Waals surface area contributed by atoms with Crippen molar-refractivity contribution < 1.29 is 19.7 Å². The Morgan fingerprint density at radius 1 is 1.19 bits per heavy atom. The lowest BCUT2D eigenvalue weighted by Gasteiger charge is -2.32. The Morgan fingerprint density at radius 3 is 2.62 bits per heavy atom. The van der Waals surface area contributed by atoms with Crippen molar-refractivity contribution in [3.8, 4) is 5.75 Å². The molecule has 2 atom stereocenters. The first-order chi connectivity index (χ1) is 10.2. The van der Waals surface area contributed by atoms with Crippen molar-refractivity contribution in [1.82, 2.24) is 0 Å². The summed E-state index contributed by atoms with van der Waals surface area (Å²) >= 11 is 0. The van der Waals surface area contributed by atoms with Gasteiger partial charge in [0.05, 0.1) is 12.2 Å². The molecule has 1 aliphatic heterocycles. The number of aliphatic hydroxyl groups excluding tert-OH is 1. The summed E-state index contributed by atoms with van der Waals surface area (Å²) < 4.78 is 5.72. The third-order valence-corrected chi connectivity index (χ3v) is 3.83. The lowest BCUT2D eigenvalue weighted by molar-refractivity contribution is 0.0695. The summed E-state index contributed by atoms with van der Waals surface area (Å²) in [6, 6.07) is 14.8. The summed E-state index contributed by atoms with van der Waals surface area (Å²) in [7, 11) is 0. The number of hydrogen-bond acceptors (Lipinski definition) is 3. The van der Waals surface area contributed by atoms with Gasteiger partial charge in [0.25, 0.3) is 0 Å². The Morgan fingerprint density at radius 2 is 1.95 bits per heavy atom. The van der Waals surface area contributed by atoms with Crippen molar-refractivity contribution in [3.63, 3.8) is 0 Å². The Bertz CT molecular complexity index is 651. The number of rotatable bonds is 3. The zero-order chi connectivity index (χ0) is 14.8. The standard InChI is InChI=1S/C17H16O4/c18-10-13-9-14(11-4-2-1-3-5-11)15-8-12(17(19)20)6-7-16(15)21-13/h1-8,13-14,18H,9-10H2,(H,19,20). The summed E-state index contributed by atoms with van der Waals surface area (Å²) in [6.45, 7) is -0.0521. The summed E-state index contributed by atoms with van der Waals surface area (Å²) in [5, 5.41) is 18.6. The zero-order valence-corrected chi connectivity index (χ0v) is 11.4. The monoisotopic (exact) mass is 284 g/mol. The fourth-order valence-corrected chi connectivity index (χ4v) is 2.79. The van der Waals surface area contributed by atoms with E-state index in [2.05, 4.69) is 0 Å². The molecule has 4 heteroatoms. The highest BCUT2D eigenvalue weighted by atomic mass is 16.5. The molecule has 2 N–H and O–H groups in total. The summed E-state index contributed by atoms with van der Waals surface area (Å²) in [5.74, 6) is -0.264. The third kappa shape index (κ3) is 2.62. The van der Waals surface area contributed by atoms with Crippen molar-refractivity contribution in [2.45, 2.75) is 18.4 Å². The first-order valence-electron chi connectivity index (χ1n) is 6.88. The smallest absolute Gasteiger partial charge is 0.335 e. The van der Waals surface area contributed by atoms with E-state index in [-0.39, 0.29) is 24.2 Å². The predicted octanol–water partition coefficient (Wildman–Crippen LogP) is 2.66. The van der Waals surface area contributed by atoms with Gasteiger partial charge in [-0.05, 0) is 30.2 Å². The summed E-state index contributed by atoms with van der Waals surface area (Å²) in [6.07, 6.45) is 0.370. The van der Waals surface area contributed by atoms with Crippen LogP contribution in [0.2, 0.25) is 0 Å². The fraction of sp³-hybridized carbons (Fsp3) is 0.235. The molecule has 2 unspecified atom stereocenters. The lowest BCUT2D eigenvalue weighted by atomic mass is 9.83. The van der Waals surface area contributed by atoms with Crippen LogP contribution in [0.25, 0.3) is 0 Å². The normalized spacial score (nSPS) is 20.4. The first kappa shape index (κ1) is 13.6. The molecule has 0 aromatic heterocycles. The van der Waals surface area contributed by atoms with Gasteiger partial charge in [-0.25, -0.2) is 4.79 Å². The number of ether oxygens (including phenoxy) is 1. The number of carbonyl (C=O) groups is 1. The van der Waals surface area contributed by atoms with Gasteiger partial charge in [-0.2, -0.15) is 0 Å². The highest BCUT2D eigenvalue weighted by Gasteiger charge is 2.29. The van der Waals surface area contributed by atoms with Crippen molar-refractivity contribution >= 4 is 5.97 Å². The minimum Gasteiger partial charge on any atom is -0.488 e. The van der Waals surface area contributed by atoms with Crippen LogP contribution in [0.4, 0.5) is 0 Å². The number of fused-ring (bicyclic) bond motifs is 1. The first-order valence-corrected chi connectivity index (χ1v) is 6.88. The molecule has 3 rings (SSSR count). The Labute approximate surface area is 122 Å². The van der Waals surface area contributed by atoms with E-state index in [1.54, 1.807) is 12.1 Å². The lowest BCUT2D eigenvalue weighted by Crippen LogP contribution is -2.29. The number of benzene rings is 2. The van der Waals surface area contributed by atoms with Crippen LogP contribution in [0.5, 0.6) is 5.75 Å². The van der Waals surface area contributed by atoms with Crippen LogP contribution >= 0.6 is 0 Å². The van der Waals surface area contributed by atoms with Gasteiger partial charge in [-0.15, -0.1) is 0 Å². The molecule has 21 heavy (non-hydrogen) atoms. The van der Waals surface area contributed by atoms with Gasteiger partial charge in [0.2, 0.25) is 0 Å². The number of aliphatic hydroxyl groups is 1. The number of hydrogen-bond donors (Lipinski definition) is 2. The van der Waals surface area contributed by atoms with E-state index in [0.29, 0.717) is 12.2 Å². The minimum absolute atomic E-state index is 0.0337. The average Bonchev–Trinajstić information content (AvgIpc) is 2.54. The largest absolute Gasteiger partial charge is 0.488 e. The van der Waals surface area contributed by atoms with Crippen molar-refractivity contribution in [2.24, 2.45) is 0 Å². The van der Waals surface area contributed by atoms with E-state index in [0.717, 1.165) is 11.1 Å². The predicted molar refractivity (Wildman–Crippen MR) is 77.8 cm³/mol. The molecule has 2 aromatic rings. The Hall–Kier alpha value is -2.33. The maximum atomic E-state index is 11.2. The van der Waals surface area contributed by atoms with Crippen LogP contribution in [0.1, 0.15) is 33.8 Å². The molecule has 0 bridgehead atoms. The minimum atomic E-state index is -0.950. The van der Waals surface area contributed by atoms with Crippen LogP contribution in [0.3, 0.4) is 0 Å². The molecule has 0 saturated heterocycles. The van der Waals surface area contributed by atoms with Crippen LogP contribution in [0, 0.1) is 0 Å². The van der Waals surface area contributed by atoms with E-state index in [9.17, 15) is 9.90 Å². The Kier molecular flexibility index (Phi) is 3.62. The molecule has 0 aliphatic carbocycles. The second-order valence-corrected chi connectivity index (χ2v) is 5.18. The Balaban J connectivity index is 2.08. The average molecular weight is 284 g/mol. The van der Waals surface area contributed by atoms with Crippen molar-refractivity contribution in [3.05, 3.63) is 65.2 Å². The van der Waals surface area contributed by atoms with Gasteiger partial charge in [-0.1, -0.05) is 30.3 Å². The van der Waals surface area contributed by atoms with Gasteiger partial charge in [0.15, 0.2) is 0 Å². The molecule has 0 amide bonds. The second-order valence-electron chi connectivity index (χ2n) is 5.18. The molecule has 1 heterocycles. The molecule has 0 spiro atoms. The molecular formula is C17H16O4. The molecule has 108 valence electrons. The highest BCUT2D eigenvalue weighted by molar-refractivity contribution is 5.88. The van der Waals surface area contributed by atoms with Gasteiger partial charge in [-0.3, -0.25) is 0 Å². The van der Waals surface area contributed by atoms with Crippen LogP contribution in [-0.2, 0) is 0 Å². The number of carboxylic acid groups (broad SMARTS) is 1. The zero-order valence-electron chi connectivity index (χ0n) is 11.4. The van der Waals surface area contributed by atoms with Crippen LogP contribution in [-0.4, -0.2) is 28.9 Å². The molecule has 0 radical (unpaired) electrons. The van der Waals surface area contributed by atoms with Crippen LogP contribution in [0.15, 0.2) is 48.5 Å². The molecule has 1 aliphatic rings. The van der Waals surface area contributed by atoms with E-state index in [1.165, 1.54) is 6.07 Å². The molecule has 0 fully saturated rings. The summed E-state index contributed by atoms with van der Waals surface area (Å²) in [4.78, 5) is 11.2. The van der Waals surface area contributed by atoms with E-state index < -0.39 is 5.97 Å². The molecular weight excluding hydrogens is 268 g/mol. The molecule has 0 saturated carbocycles. The summed E-state index contributed by atoms with van der Waals surface area (Å²) in [5.41, 5.74) is 2.22. The quantitative estimate of drug-likeness (QED) is 0.909. The van der Waals surface area contributed by atoms with Gasteiger partial charge < -0.3 is 14.9 Å². The van der Waals surface area contributed by atoms with E-state index in [4.69, 9.17) is 9.84 Å². The van der Waals surface area contributed by atoms with Gasteiger partial charge in [0, 0.05) is 11.5 Å². The number of carboxylic acids is 1. The maximum Gasteiger partial charge on any atom is 0.335 e.